The molecule has 1 saturated heterocycles. The number of nitrogens with zero attached hydrogens (tertiary/aromatic N) is 3. The molecule has 200 valence electrons. The Kier molecular flexibility index (Phi) is 10.1. The normalized spacial score (nSPS) is 13.5. The minimum Gasteiger partial charge on any atom is -0.483 e. The lowest BCUT2D eigenvalue weighted by Crippen LogP contribution is -2.24. The van der Waals surface area contributed by atoms with Crippen molar-refractivity contribution in [2.75, 3.05) is 63.3 Å². The number of fused-ring (bicyclic) bond motifs is 1. The van der Waals surface area contributed by atoms with E-state index >= 15 is 0 Å². The quantitative estimate of drug-likeness (QED) is 0.441. The third-order valence-corrected chi connectivity index (χ3v) is 6.60. The number of nitrogens with one attached hydrogen (secondary N) is 2. The number of hydrogen-bond donors (Lipinski definition) is 2. The lowest BCUT2D eigenvalue weighted by atomic mass is 10.1. The first kappa shape index (κ1) is 28.2. The van der Waals surface area contributed by atoms with Crippen molar-refractivity contribution >= 4 is 38.2 Å². The van der Waals surface area contributed by atoms with Crippen molar-refractivity contribution in [3.8, 4) is 5.75 Å². The maximum Gasteiger partial charge on any atom is 0.257 e. The highest BCUT2D eigenvalue weighted by molar-refractivity contribution is 7.92. The Morgan fingerprint density at radius 2 is 1.86 bits per heavy atom. The van der Waals surface area contributed by atoms with Gasteiger partial charge in [-0.15, -0.1) is 0 Å². The molecule has 0 aliphatic carbocycles. The highest BCUT2D eigenvalue weighted by Gasteiger charge is 2.12. The number of sulfonamides is 1. The van der Waals surface area contributed by atoms with Crippen molar-refractivity contribution in [2.24, 2.45) is 0 Å². The topological polar surface area (TPSA) is 104 Å². The minimum absolute atomic E-state index is 0.126. The molecule has 0 spiro atoms. The zero-order valence-electron chi connectivity index (χ0n) is 22.0. The molecule has 0 unspecified atom stereocenters. The van der Waals surface area contributed by atoms with Crippen molar-refractivity contribution in [1.82, 2.24) is 15.2 Å². The molecule has 0 saturated carbocycles. The van der Waals surface area contributed by atoms with Crippen molar-refractivity contribution in [2.45, 2.75) is 19.3 Å². The number of carbonyl (C=O) groups is 1. The Labute approximate surface area is 219 Å². The average molecular weight is 528 g/mol. The minimum atomic E-state index is -3.41. The number of likely N-dealkylation sites (tertiary alicyclic amines) is 1. The molecular formula is C27H37N5O4S. The van der Waals surface area contributed by atoms with E-state index in [-0.39, 0.29) is 12.5 Å². The number of carbonyl (C=O) groups excluding carboxylic acids is 1. The fourth-order valence-electron chi connectivity index (χ4n) is 4.05. The molecule has 2 aromatic carbocycles. The van der Waals surface area contributed by atoms with E-state index in [1.807, 2.05) is 0 Å². The maximum absolute atomic E-state index is 11.4. The van der Waals surface area contributed by atoms with Crippen LogP contribution in [0.2, 0.25) is 0 Å². The van der Waals surface area contributed by atoms with Gasteiger partial charge in [-0.3, -0.25) is 14.5 Å². The maximum atomic E-state index is 11.4. The van der Waals surface area contributed by atoms with Crippen LogP contribution in [0.5, 0.6) is 5.75 Å². The number of aromatic nitrogens is 1. The highest BCUT2D eigenvalue weighted by Crippen LogP contribution is 2.30. The van der Waals surface area contributed by atoms with Gasteiger partial charge in [0.1, 0.15) is 5.75 Å². The fourth-order valence-corrected chi connectivity index (χ4v) is 4.62. The average Bonchev–Trinajstić information content (AvgIpc) is 3.40. The first-order chi connectivity index (χ1) is 17.7. The molecule has 1 aliphatic heterocycles. The number of pyridine rings is 1. The number of anilines is 2. The van der Waals surface area contributed by atoms with Gasteiger partial charge in [-0.1, -0.05) is 12.1 Å². The molecule has 2 N–H and O–H groups in total. The molecule has 0 radical (unpaired) electrons. The molecule has 1 aliphatic rings. The van der Waals surface area contributed by atoms with Crippen LogP contribution in [0, 0.1) is 0 Å². The van der Waals surface area contributed by atoms with E-state index in [0.717, 1.165) is 6.26 Å². The second kappa shape index (κ2) is 13.3. The lowest BCUT2D eigenvalue weighted by Gasteiger charge is -2.16. The van der Waals surface area contributed by atoms with E-state index in [9.17, 15) is 13.2 Å². The lowest BCUT2D eigenvalue weighted by molar-refractivity contribution is -0.122. The zero-order chi connectivity index (χ0) is 26.8. The van der Waals surface area contributed by atoms with Crippen molar-refractivity contribution < 1.29 is 17.9 Å². The summed E-state index contributed by atoms with van der Waals surface area (Å²) in [5.74, 6) is 0.200. The molecule has 0 bridgehead atoms. The van der Waals surface area contributed by atoms with Crippen molar-refractivity contribution in [1.29, 1.82) is 0 Å². The summed E-state index contributed by atoms with van der Waals surface area (Å²) in [5, 5.41) is 3.07. The molecular weight excluding hydrogens is 490 g/mol. The summed E-state index contributed by atoms with van der Waals surface area (Å²) >= 11 is 0. The van der Waals surface area contributed by atoms with Gasteiger partial charge in [0, 0.05) is 45.0 Å². The molecule has 1 amide bonds. The predicted octanol–water partition coefficient (Wildman–Crippen LogP) is 3.12. The summed E-state index contributed by atoms with van der Waals surface area (Å²) in [4.78, 5) is 20.1. The summed E-state index contributed by atoms with van der Waals surface area (Å²) in [7, 11) is 2.31. The number of benzene rings is 2. The van der Waals surface area contributed by atoms with Crippen LogP contribution in [0.4, 0.5) is 11.4 Å². The highest BCUT2D eigenvalue weighted by atomic mass is 32.2. The Morgan fingerprint density at radius 3 is 2.54 bits per heavy atom. The van der Waals surface area contributed by atoms with Gasteiger partial charge in [0.05, 0.1) is 17.5 Å². The summed E-state index contributed by atoms with van der Waals surface area (Å²) < 4.78 is 30.6. The van der Waals surface area contributed by atoms with E-state index in [0.29, 0.717) is 22.3 Å². The fraction of sp³-hybridized carbons (Fsp3) is 0.407. The number of amides is 1. The van der Waals surface area contributed by atoms with Crippen molar-refractivity contribution in [3.63, 3.8) is 0 Å². The van der Waals surface area contributed by atoms with Gasteiger partial charge < -0.3 is 19.9 Å². The van der Waals surface area contributed by atoms with Crippen LogP contribution in [0.25, 0.3) is 10.9 Å². The van der Waals surface area contributed by atoms with Crippen LogP contribution in [0.1, 0.15) is 18.4 Å². The molecule has 3 aromatic rings. The Bertz CT molecular complexity index is 1290. The van der Waals surface area contributed by atoms with Gasteiger partial charge in [0.15, 0.2) is 6.61 Å². The van der Waals surface area contributed by atoms with Crippen LogP contribution in [-0.4, -0.2) is 77.8 Å². The number of ether oxygens (including phenoxy) is 1. The van der Waals surface area contributed by atoms with Gasteiger partial charge in [-0.25, -0.2) is 8.42 Å². The largest absolute Gasteiger partial charge is 0.483 e. The standard InChI is InChI=1S/C14H22N2.C13H15N3O4S/c1-15(2)14-7-5-6-13(12-14)8-11-16-9-3-4-10-16;1-14-12(17)8-20-11-6-5-10(16-21(2,18)19)13-9(11)4-3-7-15-13/h5-7,12H,3-4,8-11H2,1-2H3;3-7,16H,8H2,1-2H3,(H,14,17). The van der Waals surface area contributed by atoms with Crippen molar-refractivity contribution in [3.05, 3.63) is 60.3 Å². The Hall–Kier alpha value is -3.37. The van der Waals surface area contributed by atoms with Gasteiger partial charge in [0.25, 0.3) is 5.91 Å². The van der Waals surface area contributed by atoms with E-state index in [1.54, 1.807) is 30.5 Å². The number of hydrogen-bond acceptors (Lipinski definition) is 7. The molecule has 2 heterocycles. The molecule has 37 heavy (non-hydrogen) atoms. The first-order valence-corrected chi connectivity index (χ1v) is 14.2. The SMILES string of the molecule is CN(C)c1cccc(CCN2CCCC2)c1.CNC(=O)COc1ccc(NS(C)(=O)=O)c2ncccc12. The summed E-state index contributed by atoms with van der Waals surface area (Å²) in [6, 6.07) is 15.5. The number of likely N-dealkylation sites (N-methyl/N-ethyl adjacent to an activating group) is 1. The van der Waals surface area contributed by atoms with Gasteiger partial charge in [-0.2, -0.15) is 0 Å². The zero-order valence-corrected chi connectivity index (χ0v) is 22.8. The Morgan fingerprint density at radius 1 is 1.11 bits per heavy atom. The number of rotatable bonds is 9. The second-order valence-electron chi connectivity index (χ2n) is 9.21. The molecule has 9 nitrogen and oxygen atoms in total. The third kappa shape index (κ3) is 8.91. The molecule has 4 rings (SSSR count). The third-order valence-electron chi connectivity index (χ3n) is 6.00. The smallest absolute Gasteiger partial charge is 0.257 e. The van der Waals surface area contributed by atoms with E-state index in [4.69, 9.17) is 4.74 Å². The van der Waals surface area contributed by atoms with Crippen LogP contribution >= 0.6 is 0 Å². The summed E-state index contributed by atoms with van der Waals surface area (Å²) in [6.45, 7) is 3.69. The molecule has 1 aromatic heterocycles. The van der Waals surface area contributed by atoms with E-state index < -0.39 is 10.0 Å². The summed E-state index contributed by atoms with van der Waals surface area (Å²) in [5.41, 5.74) is 3.58. The first-order valence-electron chi connectivity index (χ1n) is 12.3. The Balaban J connectivity index is 0.000000213. The summed E-state index contributed by atoms with van der Waals surface area (Å²) in [6.07, 6.45) is 6.58. The van der Waals surface area contributed by atoms with Crippen LogP contribution in [0.3, 0.4) is 0 Å². The predicted molar refractivity (Wildman–Crippen MR) is 150 cm³/mol. The van der Waals surface area contributed by atoms with Gasteiger partial charge in [0.2, 0.25) is 10.0 Å². The van der Waals surface area contributed by atoms with Crippen LogP contribution in [0.15, 0.2) is 54.7 Å². The van der Waals surface area contributed by atoms with Gasteiger partial charge in [-0.05, 0) is 74.3 Å². The van der Waals surface area contributed by atoms with Crippen LogP contribution < -0.4 is 19.7 Å². The molecule has 0 atom stereocenters. The van der Waals surface area contributed by atoms with E-state index in [2.05, 4.69) is 63.2 Å². The molecule has 10 heteroatoms. The molecule has 1 fully saturated rings. The second-order valence-corrected chi connectivity index (χ2v) is 11.0. The van der Waals surface area contributed by atoms with Crippen LogP contribution in [-0.2, 0) is 21.2 Å². The van der Waals surface area contributed by atoms with E-state index in [1.165, 1.54) is 57.2 Å². The van der Waals surface area contributed by atoms with Gasteiger partial charge >= 0.3 is 0 Å². The monoisotopic (exact) mass is 527 g/mol.